The van der Waals surface area contributed by atoms with Gasteiger partial charge in [-0.15, -0.1) is 11.3 Å². The Hall–Kier alpha value is -2.56. The van der Waals surface area contributed by atoms with Crippen molar-refractivity contribution in [1.29, 1.82) is 5.26 Å². The predicted molar refractivity (Wildman–Crippen MR) is 135 cm³/mol. The smallest absolute Gasteiger partial charge is 0.224 e. The van der Waals surface area contributed by atoms with Gasteiger partial charge in [0.2, 0.25) is 5.91 Å². The van der Waals surface area contributed by atoms with Crippen molar-refractivity contribution in [3.63, 3.8) is 0 Å². The van der Waals surface area contributed by atoms with Crippen LogP contribution in [0.3, 0.4) is 0 Å². The largest absolute Gasteiger partial charge is 0.353 e. The summed E-state index contributed by atoms with van der Waals surface area (Å²) < 4.78 is 0.945. The quantitative estimate of drug-likeness (QED) is 0.321. The number of halogens is 1. The first kappa shape index (κ1) is 26.1. The molecule has 2 aromatic rings. The number of ketones is 2. The number of carbonyl (C=O) groups excluding carboxylic acids is 3. The third kappa shape index (κ3) is 7.22. The summed E-state index contributed by atoms with van der Waals surface area (Å²) in [7, 11) is 0. The second-order valence-electron chi connectivity index (χ2n) is 9.09. The Balaban J connectivity index is 1.74. The van der Waals surface area contributed by atoms with Crippen LogP contribution in [0.5, 0.6) is 0 Å². The first-order valence-electron chi connectivity index (χ1n) is 11.7. The van der Waals surface area contributed by atoms with E-state index in [0.717, 1.165) is 40.9 Å². The summed E-state index contributed by atoms with van der Waals surface area (Å²) in [5.74, 6) is -0.785. The van der Waals surface area contributed by atoms with E-state index >= 15 is 0 Å². The summed E-state index contributed by atoms with van der Waals surface area (Å²) in [5, 5.41) is 13.5. The van der Waals surface area contributed by atoms with Crippen LogP contribution in [0.25, 0.3) is 10.2 Å². The maximum atomic E-state index is 13.4. The Kier molecular flexibility index (Phi) is 9.37. The van der Waals surface area contributed by atoms with Crippen LogP contribution >= 0.6 is 22.9 Å². The molecule has 1 fully saturated rings. The van der Waals surface area contributed by atoms with Gasteiger partial charge in [0.15, 0.2) is 5.78 Å². The molecule has 0 unspecified atom stereocenters. The Morgan fingerprint density at radius 2 is 2.03 bits per heavy atom. The first-order valence-corrected chi connectivity index (χ1v) is 12.9. The number of allylic oxidation sites excluding steroid dienone is 1. The van der Waals surface area contributed by atoms with Crippen molar-refractivity contribution in [1.82, 2.24) is 10.3 Å². The van der Waals surface area contributed by atoms with Crippen LogP contribution in [0.1, 0.15) is 63.3 Å². The molecule has 1 saturated carbocycles. The summed E-state index contributed by atoms with van der Waals surface area (Å²) in [5.41, 5.74) is 0.766. The molecule has 0 saturated heterocycles. The fourth-order valence-corrected chi connectivity index (χ4v) is 5.93. The van der Waals surface area contributed by atoms with Crippen molar-refractivity contribution >= 4 is 50.6 Å². The number of Topliss-reactive ketones (excluding diaryl/α,β-unsaturated/α-hetero) is 2. The Bertz CT molecular complexity index is 1110. The van der Waals surface area contributed by atoms with Gasteiger partial charge in [0.05, 0.1) is 26.7 Å². The highest BCUT2D eigenvalue weighted by Crippen LogP contribution is 2.30. The Morgan fingerprint density at radius 1 is 1.29 bits per heavy atom. The molecule has 1 aliphatic rings. The van der Waals surface area contributed by atoms with Crippen LogP contribution in [0.4, 0.5) is 0 Å². The van der Waals surface area contributed by atoms with Crippen LogP contribution in [0.15, 0.2) is 30.4 Å². The number of benzene rings is 1. The van der Waals surface area contributed by atoms with E-state index in [1.807, 2.05) is 18.2 Å². The molecule has 1 aromatic heterocycles. The average Bonchev–Trinajstić information content (AvgIpc) is 3.22. The lowest BCUT2D eigenvalue weighted by Gasteiger charge is -2.32. The molecule has 1 N–H and O–H groups in total. The second kappa shape index (κ2) is 12.2. The lowest BCUT2D eigenvalue weighted by atomic mass is 9.81. The number of aromatic nitrogens is 1. The highest BCUT2D eigenvalue weighted by molar-refractivity contribution is 7.18. The van der Waals surface area contributed by atoms with Crippen molar-refractivity contribution in [3.05, 3.63) is 40.4 Å². The molecule has 180 valence electrons. The van der Waals surface area contributed by atoms with E-state index in [0.29, 0.717) is 17.9 Å². The van der Waals surface area contributed by atoms with Crippen molar-refractivity contribution in [2.75, 3.05) is 0 Å². The zero-order chi connectivity index (χ0) is 24.7. The predicted octanol–water partition coefficient (Wildman–Crippen LogP) is 5.58. The van der Waals surface area contributed by atoms with Crippen LogP contribution in [0, 0.1) is 23.2 Å². The minimum atomic E-state index is -0.538. The number of fused-ring (bicyclic) bond motifs is 1. The van der Waals surface area contributed by atoms with Gasteiger partial charge in [-0.25, -0.2) is 4.98 Å². The molecule has 1 aromatic carbocycles. The lowest BCUT2D eigenvalue weighted by Crippen LogP contribution is -2.45. The third-order valence-electron chi connectivity index (χ3n) is 6.42. The molecule has 2 atom stereocenters. The van der Waals surface area contributed by atoms with E-state index in [4.69, 9.17) is 16.9 Å². The zero-order valence-corrected chi connectivity index (χ0v) is 21.0. The fourth-order valence-electron chi connectivity index (χ4n) is 4.61. The molecule has 8 heteroatoms. The number of nitriles is 1. The maximum absolute atomic E-state index is 13.4. The van der Waals surface area contributed by atoms with Crippen LogP contribution < -0.4 is 5.32 Å². The molecule has 1 aliphatic carbocycles. The molecular formula is C26H30ClN3O3S. The van der Waals surface area contributed by atoms with Crippen LogP contribution in [0.2, 0.25) is 5.02 Å². The Morgan fingerprint density at radius 3 is 2.71 bits per heavy atom. The number of nitrogens with zero attached hydrogens (tertiary/aromatic N) is 2. The molecule has 0 radical (unpaired) electrons. The number of thiazole rings is 1. The Labute approximate surface area is 209 Å². The molecule has 1 heterocycles. The second-order valence-corrected chi connectivity index (χ2v) is 10.6. The topological polar surface area (TPSA) is 99.9 Å². The van der Waals surface area contributed by atoms with Gasteiger partial charge in [0.25, 0.3) is 0 Å². The van der Waals surface area contributed by atoms with Gasteiger partial charge < -0.3 is 10.1 Å². The van der Waals surface area contributed by atoms with Gasteiger partial charge in [-0.05, 0) is 50.3 Å². The van der Waals surface area contributed by atoms with E-state index in [-0.39, 0.29) is 47.8 Å². The minimum absolute atomic E-state index is 0.0564. The molecule has 34 heavy (non-hydrogen) atoms. The molecule has 0 aliphatic heterocycles. The minimum Gasteiger partial charge on any atom is -0.353 e. The summed E-state index contributed by atoms with van der Waals surface area (Å²) in [6, 6.07) is 7.12. The zero-order valence-electron chi connectivity index (χ0n) is 19.4. The number of rotatable bonds is 11. The number of hydrogen-bond acceptors (Lipinski definition) is 6. The highest BCUT2D eigenvalue weighted by Gasteiger charge is 2.30. The van der Waals surface area contributed by atoms with Crippen molar-refractivity contribution in [3.8, 4) is 6.07 Å². The SMILES string of the molecule is C=C(C#N)C(=O)CC[C@@H](NC(=O)[C@@H](CC(C)=O)Cc1nc2ccc(Cl)cc2s1)C1CCCCC1. The van der Waals surface area contributed by atoms with E-state index < -0.39 is 5.92 Å². The van der Waals surface area contributed by atoms with E-state index in [1.54, 1.807) is 6.07 Å². The van der Waals surface area contributed by atoms with E-state index in [9.17, 15) is 14.4 Å². The maximum Gasteiger partial charge on any atom is 0.224 e. The normalized spacial score (nSPS) is 15.9. The molecular weight excluding hydrogens is 470 g/mol. The van der Waals surface area contributed by atoms with Gasteiger partial charge >= 0.3 is 0 Å². The number of nitrogens with one attached hydrogen (secondary N) is 1. The van der Waals surface area contributed by atoms with Crippen molar-refractivity contribution in [2.24, 2.45) is 11.8 Å². The summed E-state index contributed by atoms with van der Waals surface area (Å²) in [6.07, 6.45) is 6.49. The number of hydrogen-bond donors (Lipinski definition) is 1. The summed E-state index contributed by atoms with van der Waals surface area (Å²) >= 11 is 7.57. The lowest BCUT2D eigenvalue weighted by molar-refractivity contribution is -0.130. The number of amides is 1. The third-order valence-corrected chi connectivity index (χ3v) is 7.70. The van der Waals surface area contributed by atoms with Gasteiger partial charge in [-0.1, -0.05) is 37.4 Å². The number of carbonyl (C=O) groups is 3. The summed E-state index contributed by atoms with van der Waals surface area (Å²) in [4.78, 5) is 42.2. The highest BCUT2D eigenvalue weighted by atomic mass is 35.5. The first-order chi connectivity index (χ1) is 16.3. The van der Waals surface area contributed by atoms with Gasteiger partial charge in [-0.2, -0.15) is 5.26 Å². The fraction of sp³-hybridized carbons (Fsp3) is 0.500. The molecule has 0 bridgehead atoms. The van der Waals surface area contributed by atoms with Gasteiger partial charge in [0, 0.05) is 30.3 Å². The molecule has 1 amide bonds. The van der Waals surface area contributed by atoms with Gasteiger partial charge in [-0.3, -0.25) is 9.59 Å². The molecule has 3 rings (SSSR count). The monoisotopic (exact) mass is 499 g/mol. The van der Waals surface area contributed by atoms with Crippen LogP contribution in [-0.2, 0) is 20.8 Å². The van der Waals surface area contributed by atoms with Crippen LogP contribution in [-0.4, -0.2) is 28.5 Å². The van der Waals surface area contributed by atoms with Crippen molar-refractivity contribution < 1.29 is 14.4 Å². The van der Waals surface area contributed by atoms with E-state index in [1.165, 1.54) is 24.7 Å². The van der Waals surface area contributed by atoms with E-state index in [2.05, 4.69) is 16.9 Å². The molecule has 0 spiro atoms. The summed E-state index contributed by atoms with van der Waals surface area (Å²) in [6.45, 7) is 5.00. The molecule has 6 nitrogen and oxygen atoms in total. The standard InChI is InChI=1S/C26H30ClN3O3S/c1-16(15-28)23(32)11-10-21(18-6-4-3-5-7-18)30-26(33)19(12-17(2)31)13-25-29-22-9-8-20(27)14-24(22)34-25/h8-9,14,18-19,21H,1,3-7,10-13H2,2H3,(H,30,33)/t19-,21+/m0/s1. The van der Waals surface area contributed by atoms with Crippen molar-refractivity contribution in [2.45, 2.75) is 70.8 Å². The average molecular weight is 500 g/mol. The van der Waals surface area contributed by atoms with Gasteiger partial charge in [0.1, 0.15) is 11.9 Å².